The van der Waals surface area contributed by atoms with Gasteiger partial charge in [0.25, 0.3) is 5.88 Å². The van der Waals surface area contributed by atoms with Crippen LogP contribution in [0.15, 0.2) is 35.1 Å². The summed E-state index contributed by atoms with van der Waals surface area (Å²) in [6.07, 6.45) is 0.414. The van der Waals surface area contributed by atoms with Gasteiger partial charge in [0.05, 0.1) is 12.2 Å². The smallest absolute Gasteiger partial charge is 0.414 e. The molecule has 1 saturated heterocycles. The summed E-state index contributed by atoms with van der Waals surface area (Å²) in [4.78, 5) is 13.2. The summed E-state index contributed by atoms with van der Waals surface area (Å²) < 4.78 is 29.2. The van der Waals surface area contributed by atoms with Gasteiger partial charge in [0, 0.05) is 9.64 Å². The van der Waals surface area contributed by atoms with Crippen molar-refractivity contribution in [1.82, 2.24) is 5.16 Å². The van der Waals surface area contributed by atoms with Gasteiger partial charge >= 0.3 is 6.09 Å². The lowest BCUT2D eigenvalue weighted by molar-refractivity contribution is 0.102. The minimum Gasteiger partial charge on any atom is -0.471 e. The van der Waals surface area contributed by atoms with E-state index in [2.05, 4.69) is 9.68 Å². The van der Waals surface area contributed by atoms with E-state index in [0.29, 0.717) is 15.1 Å². The molecule has 2 heterocycles. The average Bonchev–Trinajstić information content (AvgIpc) is 3.09. The number of nitrogens with zero attached hydrogens (tertiary/aromatic N) is 2. The van der Waals surface area contributed by atoms with Gasteiger partial charge in [-0.2, -0.15) is 0 Å². The molecular weight excluding hydrogens is 394 g/mol. The molecule has 1 atom stereocenters. The Hall–Kier alpha value is -1.84. The first kappa shape index (κ1) is 14.1. The second kappa shape index (κ2) is 5.88. The highest BCUT2D eigenvalue weighted by Gasteiger charge is 2.33. The van der Waals surface area contributed by atoms with Crippen molar-refractivity contribution in [3.05, 3.63) is 39.9 Å². The number of hydrogen-bond acceptors (Lipinski definition) is 5. The molecule has 110 valence electrons. The normalized spacial score (nSPS) is 17.9. The van der Waals surface area contributed by atoms with Crippen LogP contribution in [0.3, 0.4) is 0 Å². The van der Waals surface area contributed by atoms with Gasteiger partial charge in [0.15, 0.2) is 6.10 Å². The third-order valence-electron chi connectivity index (χ3n) is 2.92. The van der Waals surface area contributed by atoms with E-state index in [0.717, 1.165) is 0 Å². The van der Waals surface area contributed by atoms with Gasteiger partial charge < -0.3 is 14.0 Å². The monoisotopic (exact) mass is 404 g/mol. The summed E-state index contributed by atoms with van der Waals surface area (Å²) in [5.74, 6) is -0.0481. The SMILES string of the molecule is O=C1OC(COc2ccon2)CN1c1ccc(I)c(F)c1. The molecule has 0 radical (unpaired) electrons. The molecule has 21 heavy (non-hydrogen) atoms. The molecule has 6 nitrogen and oxygen atoms in total. The number of ether oxygens (including phenoxy) is 2. The Morgan fingerprint density at radius 1 is 1.48 bits per heavy atom. The van der Waals surface area contributed by atoms with Crippen LogP contribution in [0.4, 0.5) is 14.9 Å². The van der Waals surface area contributed by atoms with Gasteiger partial charge in [-0.25, -0.2) is 9.18 Å². The van der Waals surface area contributed by atoms with Crippen molar-refractivity contribution in [3.8, 4) is 5.88 Å². The van der Waals surface area contributed by atoms with E-state index < -0.39 is 12.2 Å². The van der Waals surface area contributed by atoms with E-state index in [1.54, 1.807) is 18.2 Å². The number of anilines is 1. The van der Waals surface area contributed by atoms with Crippen molar-refractivity contribution in [2.45, 2.75) is 6.10 Å². The van der Waals surface area contributed by atoms with Crippen molar-refractivity contribution >= 4 is 34.4 Å². The average molecular weight is 404 g/mol. The maximum atomic E-state index is 13.6. The first-order chi connectivity index (χ1) is 10.1. The fourth-order valence-electron chi connectivity index (χ4n) is 1.93. The number of benzene rings is 1. The van der Waals surface area contributed by atoms with Crippen LogP contribution in [0.5, 0.6) is 5.88 Å². The second-order valence-corrected chi connectivity index (χ2v) is 5.53. The molecule has 8 heteroatoms. The lowest BCUT2D eigenvalue weighted by Gasteiger charge is -2.13. The number of carbonyl (C=O) groups excluding carboxylic acids is 1. The van der Waals surface area contributed by atoms with Crippen molar-refractivity contribution in [2.24, 2.45) is 0 Å². The minimum atomic E-state index is -0.524. The predicted molar refractivity (Wildman–Crippen MR) is 78.7 cm³/mol. The first-order valence-corrected chi connectivity index (χ1v) is 7.18. The summed E-state index contributed by atoms with van der Waals surface area (Å²) in [6.45, 7) is 0.443. The van der Waals surface area contributed by atoms with Gasteiger partial charge in [-0.15, -0.1) is 0 Å². The van der Waals surface area contributed by atoms with Crippen LogP contribution in [0, 0.1) is 9.39 Å². The highest BCUT2D eigenvalue weighted by Crippen LogP contribution is 2.24. The Bertz CT molecular complexity index is 650. The molecule has 1 aliphatic heterocycles. The molecule has 2 aromatic rings. The highest BCUT2D eigenvalue weighted by molar-refractivity contribution is 14.1. The van der Waals surface area contributed by atoms with Crippen molar-refractivity contribution < 1.29 is 23.2 Å². The van der Waals surface area contributed by atoms with Crippen LogP contribution < -0.4 is 9.64 Å². The highest BCUT2D eigenvalue weighted by atomic mass is 127. The number of carbonyl (C=O) groups is 1. The van der Waals surface area contributed by atoms with Crippen LogP contribution in [0.2, 0.25) is 0 Å². The van der Waals surface area contributed by atoms with Crippen molar-refractivity contribution in [3.63, 3.8) is 0 Å². The number of cyclic esters (lactones) is 1. The Morgan fingerprint density at radius 2 is 2.33 bits per heavy atom. The summed E-state index contributed by atoms with van der Waals surface area (Å²) in [6, 6.07) is 6.15. The predicted octanol–water partition coefficient (Wildman–Crippen LogP) is 2.82. The Kier molecular flexibility index (Phi) is 3.95. The van der Waals surface area contributed by atoms with E-state index in [1.807, 2.05) is 22.6 Å². The lowest BCUT2D eigenvalue weighted by Crippen LogP contribution is -2.26. The molecule has 0 saturated carbocycles. The van der Waals surface area contributed by atoms with E-state index in [-0.39, 0.29) is 19.0 Å². The molecule has 0 N–H and O–H groups in total. The maximum Gasteiger partial charge on any atom is 0.414 e. The van der Waals surface area contributed by atoms with Crippen LogP contribution in [-0.4, -0.2) is 30.5 Å². The number of aromatic nitrogens is 1. The first-order valence-electron chi connectivity index (χ1n) is 6.10. The largest absolute Gasteiger partial charge is 0.471 e. The Labute approximate surface area is 132 Å². The second-order valence-electron chi connectivity index (χ2n) is 4.36. The molecule has 1 aromatic heterocycles. The summed E-state index contributed by atoms with van der Waals surface area (Å²) in [7, 11) is 0. The zero-order valence-corrected chi connectivity index (χ0v) is 12.8. The molecule has 1 amide bonds. The number of amides is 1. The van der Waals surface area contributed by atoms with Gasteiger partial charge in [-0.05, 0) is 45.9 Å². The molecule has 1 unspecified atom stereocenters. The minimum absolute atomic E-state index is 0.154. The molecule has 1 aromatic carbocycles. The number of rotatable bonds is 4. The zero-order valence-electron chi connectivity index (χ0n) is 10.7. The molecule has 1 fully saturated rings. The third-order valence-corrected chi connectivity index (χ3v) is 3.80. The quantitative estimate of drug-likeness (QED) is 0.734. The van der Waals surface area contributed by atoms with Gasteiger partial charge in [-0.3, -0.25) is 4.90 Å². The molecule has 1 aliphatic rings. The fraction of sp³-hybridized carbons (Fsp3) is 0.231. The Morgan fingerprint density at radius 3 is 3.05 bits per heavy atom. The lowest BCUT2D eigenvalue weighted by atomic mass is 10.2. The van der Waals surface area contributed by atoms with Crippen LogP contribution >= 0.6 is 22.6 Å². The fourth-order valence-corrected chi connectivity index (χ4v) is 2.26. The molecule has 0 spiro atoms. The van der Waals surface area contributed by atoms with Crippen LogP contribution in [0.25, 0.3) is 0 Å². The summed E-state index contributed by atoms with van der Waals surface area (Å²) in [5, 5.41) is 3.59. The topological polar surface area (TPSA) is 64.8 Å². The van der Waals surface area contributed by atoms with Gasteiger partial charge in [-0.1, -0.05) is 0 Å². The molecule has 0 bridgehead atoms. The zero-order chi connectivity index (χ0) is 14.8. The summed E-state index contributed by atoms with van der Waals surface area (Å²) in [5.41, 5.74) is 0.460. The molecule has 0 aliphatic carbocycles. The van der Waals surface area contributed by atoms with E-state index in [1.165, 1.54) is 17.2 Å². The number of hydrogen-bond donors (Lipinski definition) is 0. The van der Waals surface area contributed by atoms with Crippen LogP contribution in [0.1, 0.15) is 0 Å². The standard InChI is InChI=1S/C13H10FIN2O4/c14-10-5-8(1-2-11(10)15)17-6-9(21-13(17)18)7-19-12-3-4-20-16-12/h1-5,9H,6-7H2. The van der Waals surface area contributed by atoms with Gasteiger partial charge in [0.2, 0.25) is 0 Å². The van der Waals surface area contributed by atoms with Crippen molar-refractivity contribution in [1.29, 1.82) is 0 Å². The van der Waals surface area contributed by atoms with Crippen LogP contribution in [-0.2, 0) is 4.74 Å². The molecular formula is C13H10FIN2O4. The van der Waals surface area contributed by atoms with Crippen molar-refractivity contribution in [2.75, 3.05) is 18.1 Å². The summed E-state index contributed by atoms with van der Waals surface area (Å²) >= 11 is 1.89. The van der Waals surface area contributed by atoms with E-state index in [9.17, 15) is 9.18 Å². The van der Waals surface area contributed by atoms with E-state index >= 15 is 0 Å². The third kappa shape index (κ3) is 3.09. The van der Waals surface area contributed by atoms with Gasteiger partial charge in [0.1, 0.15) is 18.7 Å². The Balaban J connectivity index is 1.65. The van der Waals surface area contributed by atoms with E-state index in [4.69, 9.17) is 9.47 Å². The number of halogens is 2. The molecule has 3 rings (SSSR count). The maximum absolute atomic E-state index is 13.6.